The molecule has 1 aliphatic carbocycles. The summed E-state index contributed by atoms with van der Waals surface area (Å²) in [4.78, 5) is 22.9. The van der Waals surface area contributed by atoms with E-state index in [0.717, 1.165) is 25.9 Å². The molecule has 1 heterocycles. The standard InChI is InChI=1S/C12H20N2O3/c15-10(5-9-6-13-7-9)14-8-12(11(16)17)3-1-2-4-12/h9,13H,1-8H2,(H,14,15)(H,16,17). The van der Waals surface area contributed by atoms with E-state index in [9.17, 15) is 14.7 Å². The Morgan fingerprint density at radius 2 is 1.94 bits per heavy atom. The number of aliphatic carboxylic acids is 1. The summed E-state index contributed by atoms with van der Waals surface area (Å²) < 4.78 is 0. The smallest absolute Gasteiger partial charge is 0.311 e. The van der Waals surface area contributed by atoms with Crippen molar-refractivity contribution in [2.75, 3.05) is 19.6 Å². The maximum absolute atomic E-state index is 11.6. The van der Waals surface area contributed by atoms with Crippen molar-refractivity contribution in [2.45, 2.75) is 32.1 Å². The molecule has 2 rings (SSSR count). The highest BCUT2D eigenvalue weighted by Gasteiger charge is 2.41. The van der Waals surface area contributed by atoms with E-state index < -0.39 is 11.4 Å². The van der Waals surface area contributed by atoms with Crippen molar-refractivity contribution in [3.05, 3.63) is 0 Å². The normalized spacial score (nSPS) is 23.1. The summed E-state index contributed by atoms with van der Waals surface area (Å²) in [6.45, 7) is 2.09. The van der Waals surface area contributed by atoms with Crippen molar-refractivity contribution in [1.29, 1.82) is 0 Å². The van der Waals surface area contributed by atoms with Crippen LogP contribution in [0, 0.1) is 11.3 Å². The second kappa shape index (κ2) is 5.04. The van der Waals surface area contributed by atoms with E-state index in [1.54, 1.807) is 0 Å². The van der Waals surface area contributed by atoms with E-state index in [2.05, 4.69) is 10.6 Å². The summed E-state index contributed by atoms with van der Waals surface area (Å²) in [5.74, 6) is -0.344. The summed E-state index contributed by atoms with van der Waals surface area (Å²) >= 11 is 0. The predicted molar refractivity (Wildman–Crippen MR) is 62.5 cm³/mol. The van der Waals surface area contributed by atoms with Gasteiger partial charge >= 0.3 is 5.97 Å². The zero-order valence-electron chi connectivity index (χ0n) is 10.00. The fourth-order valence-electron chi connectivity index (χ4n) is 2.61. The zero-order valence-corrected chi connectivity index (χ0v) is 10.00. The van der Waals surface area contributed by atoms with Crippen LogP contribution in [0.3, 0.4) is 0 Å². The van der Waals surface area contributed by atoms with Gasteiger partial charge < -0.3 is 15.7 Å². The quantitative estimate of drug-likeness (QED) is 0.648. The monoisotopic (exact) mass is 240 g/mol. The highest BCUT2D eigenvalue weighted by atomic mass is 16.4. The van der Waals surface area contributed by atoms with E-state index in [0.29, 0.717) is 31.7 Å². The third kappa shape index (κ3) is 2.77. The molecular formula is C12H20N2O3. The van der Waals surface area contributed by atoms with Gasteiger partial charge in [-0.25, -0.2) is 0 Å². The van der Waals surface area contributed by atoms with Crippen LogP contribution in [0.25, 0.3) is 0 Å². The molecule has 3 N–H and O–H groups in total. The minimum absolute atomic E-state index is 0.0102. The van der Waals surface area contributed by atoms with Gasteiger partial charge in [0.05, 0.1) is 5.41 Å². The van der Waals surface area contributed by atoms with Crippen LogP contribution in [0.2, 0.25) is 0 Å². The van der Waals surface area contributed by atoms with Crippen molar-refractivity contribution >= 4 is 11.9 Å². The molecule has 0 bridgehead atoms. The molecule has 1 aliphatic heterocycles. The first-order valence-electron chi connectivity index (χ1n) is 6.33. The Hall–Kier alpha value is -1.10. The van der Waals surface area contributed by atoms with Crippen LogP contribution in [-0.2, 0) is 9.59 Å². The van der Waals surface area contributed by atoms with Gasteiger partial charge in [0.25, 0.3) is 0 Å². The molecule has 0 atom stereocenters. The van der Waals surface area contributed by atoms with E-state index in [-0.39, 0.29) is 5.91 Å². The van der Waals surface area contributed by atoms with Crippen molar-refractivity contribution < 1.29 is 14.7 Å². The lowest BCUT2D eigenvalue weighted by Gasteiger charge is -2.28. The lowest BCUT2D eigenvalue weighted by molar-refractivity contribution is -0.148. The summed E-state index contributed by atoms with van der Waals surface area (Å²) in [5, 5.41) is 15.2. The van der Waals surface area contributed by atoms with Gasteiger partial charge in [0.1, 0.15) is 0 Å². The Labute approximate surface area is 101 Å². The number of carboxylic acid groups (broad SMARTS) is 1. The Kier molecular flexibility index (Phi) is 3.66. The van der Waals surface area contributed by atoms with Crippen LogP contribution in [0.5, 0.6) is 0 Å². The minimum Gasteiger partial charge on any atom is -0.481 e. The number of amides is 1. The topological polar surface area (TPSA) is 78.4 Å². The average Bonchev–Trinajstić information content (AvgIpc) is 2.70. The zero-order chi connectivity index (χ0) is 12.3. The third-order valence-electron chi connectivity index (χ3n) is 3.98. The molecule has 0 aromatic carbocycles. The largest absolute Gasteiger partial charge is 0.481 e. The number of carbonyl (C=O) groups is 2. The molecule has 0 aromatic heterocycles. The number of nitrogens with one attached hydrogen (secondary N) is 2. The molecule has 2 fully saturated rings. The lowest BCUT2D eigenvalue weighted by atomic mass is 9.86. The first-order valence-corrected chi connectivity index (χ1v) is 6.33. The van der Waals surface area contributed by atoms with Crippen LogP contribution in [0.4, 0.5) is 0 Å². The summed E-state index contributed by atoms with van der Waals surface area (Å²) in [6.07, 6.45) is 3.80. The van der Waals surface area contributed by atoms with E-state index in [4.69, 9.17) is 0 Å². The van der Waals surface area contributed by atoms with Crippen molar-refractivity contribution in [3.8, 4) is 0 Å². The minimum atomic E-state index is -0.763. The number of hydrogen-bond donors (Lipinski definition) is 3. The van der Waals surface area contributed by atoms with Crippen LogP contribution in [-0.4, -0.2) is 36.6 Å². The highest BCUT2D eigenvalue weighted by molar-refractivity contribution is 5.79. The second-order valence-electron chi connectivity index (χ2n) is 5.30. The first kappa shape index (κ1) is 12.4. The van der Waals surface area contributed by atoms with Gasteiger partial charge in [-0.3, -0.25) is 9.59 Å². The maximum Gasteiger partial charge on any atom is 0.311 e. The molecule has 2 aliphatic rings. The predicted octanol–water partition coefficient (Wildman–Crippen LogP) is 0.357. The van der Waals surface area contributed by atoms with Crippen molar-refractivity contribution in [3.63, 3.8) is 0 Å². The van der Waals surface area contributed by atoms with Gasteiger partial charge in [-0.05, 0) is 31.8 Å². The van der Waals surface area contributed by atoms with Crippen LogP contribution < -0.4 is 10.6 Å². The van der Waals surface area contributed by atoms with Gasteiger partial charge in [-0.1, -0.05) is 12.8 Å². The van der Waals surface area contributed by atoms with Crippen LogP contribution in [0.15, 0.2) is 0 Å². The molecular weight excluding hydrogens is 220 g/mol. The number of hydrogen-bond acceptors (Lipinski definition) is 3. The highest BCUT2D eigenvalue weighted by Crippen LogP contribution is 2.37. The van der Waals surface area contributed by atoms with E-state index in [1.165, 1.54) is 0 Å². The molecule has 0 spiro atoms. The van der Waals surface area contributed by atoms with Gasteiger partial charge in [0, 0.05) is 13.0 Å². The molecule has 0 aromatic rings. The molecule has 17 heavy (non-hydrogen) atoms. The molecule has 96 valence electrons. The second-order valence-corrected chi connectivity index (χ2v) is 5.30. The number of carboxylic acids is 1. The third-order valence-corrected chi connectivity index (χ3v) is 3.98. The summed E-state index contributed by atoms with van der Waals surface area (Å²) in [6, 6.07) is 0. The molecule has 5 heteroatoms. The summed E-state index contributed by atoms with van der Waals surface area (Å²) in [7, 11) is 0. The molecule has 1 saturated carbocycles. The Morgan fingerprint density at radius 1 is 1.29 bits per heavy atom. The molecule has 1 saturated heterocycles. The van der Waals surface area contributed by atoms with Gasteiger partial charge in [0.15, 0.2) is 0 Å². The fourth-order valence-corrected chi connectivity index (χ4v) is 2.61. The molecule has 0 radical (unpaired) electrons. The number of carbonyl (C=O) groups excluding carboxylic acids is 1. The van der Waals surface area contributed by atoms with Crippen molar-refractivity contribution in [2.24, 2.45) is 11.3 Å². The number of rotatable bonds is 5. The van der Waals surface area contributed by atoms with Gasteiger partial charge in [-0.15, -0.1) is 0 Å². The van der Waals surface area contributed by atoms with Crippen LogP contribution in [0.1, 0.15) is 32.1 Å². The Bertz CT molecular complexity index is 307. The van der Waals surface area contributed by atoms with Crippen LogP contribution >= 0.6 is 0 Å². The Morgan fingerprint density at radius 3 is 2.41 bits per heavy atom. The van der Waals surface area contributed by atoms with Crippen molar-refractivity contribution in [1.82, 2.24) is 10.6 Å². The van der Waals surface area contributed by atoms with Gasteiger partial charge in [-0.2, -0.15) is 0 Å². The molecule has 0 unspecified atom stereocenters. The lowest BCUT2D eigenvalue weighted by Crippen LogP contribution is -2.46. The fraction of sp³-hybridized carbons (Fsp3) is 0.833. The van der Waals surface area contributed by atoms with Gasteiger partial charge in [0.2, 0.25) is 5.91 Å². The van der Waals surface area contributed by atoms with E-state index >= 15 is 0 Å². The maximum atomic E-state index is 11.6. The average molecular weight is 240 g/mol. The van der Waals surface area contributed by atoms with E-state index in [1.807, 2.05) is 0 Å². The summed E-state index contributed by atoms with van der Waals surface area (Å²) in [5.41, 5.74) is -0.701. The SMILES string of the molecule is O=C(CC1CNC1)NCC1(C(=O)O)CCCC1. The Balaban J connectivity index is 1.78. The molecule has 1 amide bonds. The molecule has 5 nitrogen and oxygen atoms in total. The first-order chi connectivity index (χ1) is 8.12.